The van der Waals surface area contributed by atoms with E-state index in [9.17, 15) is 23.6 Å². The molecule has 0 aliphatic carbocycles. The van der Waals surface area contributed by atoms with Crippen LogP contribution in [0.25, 0.3) is 10.9 Å². The van der Waals surface area contributed by atoms with E-state index in [2.05, 4.69) is 15.8 Å². The molecule has 3 N–H and O–H groups in total. The molecule has 11 heteroatoms. The van der Waals surface area contributed by atoms with Crippen LogP contribution in [0, 0.1) is 16.5 Å². The van der Waals surface area contributed by atoms with Gasteiger partial charge in [-0.3, -0.25) is 0 Å². The highest BCUT2D eigenvalue weighted by Crippen LogP contribution is 2.41. The standard InChI is InChI=1S/C24H18F2N4O5/c25-15-2-1-3-17(8-15)27-24(32)28-18-4-5-20-19(9-18)21(29-33)23(31)30(20)10-13-6-16(26)7-14-11-34-12-35-22(13)14/h1-9,31H,10-12H2,(H2,27,28,32). The lowest BCUT2D eigenvalue weighted by Gasteiger charge is -2.21. The number of nitrogens with one attached hydrogen (secondary N) is 2. The Bertz CT molecular complexity index is 1470. The molecule has 3 aromatic carbocycles. The summed E-state index contributed by atoms with van der Waals surface area (Å²) >= 11 is 0. The summed E-state index contributed by atoms with van der Waals surface area (Å²) in [7, 11) is 0. The maximum atomic E-state index is 14.2. The van der Waals surface area contributed by atoms with Crippen LogP contribution in [0.2, 0.25) is 0 Å². The van der Waals surface area contributed by atoms with Gasteiger partial charge < -0.3 is 29.8 Å². The highest BCUT2D eigenvalue weighted by molar-refractivity contribution is 6.03. The van der Waals surface area contributed by atoms with Gasteiger partial charge in [0.05, 0.1) is 18.7 Å². The van der Waals surface area contributed by atoms with Gasteiger partial charge in [0.1, 0.15) is 17.4 Å². The van der Waals surface area contributed by atoms with Crippen LogP contribution in [0.1, 0.15) is 11.1 Å². The molecule has 178 valence electrons. The Morgan fingerprint density at radius 1 is 1.06 bits per heavy atom. The molecule has 35 heavy (non-hydrogen) atoms. The van der Waals surface area contributed by atoms with E-state index in [0.717, 1.165) is 6.07 Å². The lowest BCUT2D eigenvalue weighted by molar-refractivity contribution is -0.0173. The number of hydrogen-bond acceptors (Lipinski definition) is 6. The third-order valence-electron chi connectivity index (χ3n) is 5.52. The Balaban J connectivity index is 1.46. The van der Waals surface area contributed by atoms with Gasteiger partial charge in [0, 0.05) is 27.9 Å². The number of anilines is 2. The summed E-state index contributed by atoms with van der Waals surface area (Å²) in [6.07, 6.45) is 0. The number of carbonyl (C=O) groups excluding carboxylic acids is 1. The van der Waals surface area contributed by atoms with Crippen molar-refractivity contribution in [3.63, 3.8) is 0 Å². The van der Waals surface area contributed by atoms with Crippen LogP contribution < -0.4 is 15.4 Å². The van der Waals surface area contributed by atoms with E-state index in [1.54, 1.807) is 12.1 Å². The van der Waals surface area contributed by atoms with Crippen molar-refractivity contribution in [2.24, 2.45) is 5.18 Å². The molecular weight excluding hydrogens is 462 g/mol. The molecule has 9 nitrogen and oxygen atoms in total. The van der Waals surface area contributed by atoms with Crippen LogP contribution in [0.15, 0.2) is 59.8 Å². The predicted molar refractivity (Wildman–Crippen MR) is 124 cm³/mol. The quantitative estimate of drug-likeness (QED) is 0.323. The van der Waals surface area contributed by atoms with Crippen molar-refractivity contribution in [2.75, 3.05) is 17.4 Å². The minimum atomic E-state index is -0.634. The van der Waals surface area contributed by atoms with Gasteiger partial charge in [0.25, 0.3) is 0 Å². The first-order valence-corrected chi connectivity index (χ1v) is 10.5. The summed E-state index contributed by atoms with van der Waals surface area (Å²) in [5.74, 6) is -0.957. The van der Waals surface area contributed by atoms with Gasteiger partial charge in [-0.05, 0) is 53.7 Å². The minimum absolute atomic E-state index is 0.00915. The summed E-state index contributed by atoms with van der Waals surface area (Å²) in [5, 5.41) is 19.0. The normalized spacial score (nSPS) is 12.6. The molecule has 2 heterocycles. The van der Waals surface area contributed by atoms with Crippen molar-refractivity contribution in [3.05, 3.63) is 82.3 Å². The molecule has 5 rings (SSSR count). The van der Waals surface area contributed by atoms with Crippen LogP contribution in [0.5, 0.6) is 11.6 Å². The van der Waals surface area contributed by atoms with Crippen molar-refractivity contribution in [2.45, 2.75) is 13.2 Å². The van der Waals surface area contributed by atoms with E-state index in [0.29, 0.717) is 28.1 Å². The van der Waals surface area contributed by atoms with Crippen LogP contribution in [-0.4, -0.2) is 22.5 Å². The van der Waals surface area contributed by atoms with Gasteiger partial charge in [-0.25, -0.2) is 13.6 Å². The van der Waals surface area contributed by atoms with Gasteiger partial charge in [0.2, 0.25) is 5.88 Å². The first kappa shape index (κ1) is 22.3. The summed E-state index contributed by atoms with van der Waals surface area (Å²) < 4.78 is 39.7. The highest BCUT2D eigenvalue weighted by Gasteiger charge is 2.22. The fourth-order valence-corrected chi connectivity index (χ4v) is 4.06. The number of urea groups is 1. The minimum Gasteiger partial charge on any atom is -0.493 e. The van der Waals surface area contributed by atoms with E-state index >= 15 is 0 Å². The van der Waals surface area contributed by atoms with E-state index in [-0.39, 0.29) is 36.7 Å². The third kappa shape index (κ3) is 4.36. The molecule has 0 radical (unpaired) electrons. The molecule has 0 atom stereocenters. The second-order valence-electron chi connectivity index (χ2n) is 7.83. The second-order valence-corrected chi connectivity index (χ2v) is 7.83. The van der Waals surface area contributed by atoms with Gasteiger partial charge in [-0.15, -0.1) is 4.91 Å². The van der Waals surface area contributed by atoms with Crippen LogP contribution in [0.3, 0.4) is 0 Å². The predicted octanol–water partition coefficient (Wildman–Crippen LogP) is 5.58. The third-order valence-corrected chi connectivity index (χ3v) is 5.52. The molecule has 4 aromatic rings. The Kier molecular flexibility index (Phi) is 5.75. The molecule has 0 unspecified atom stereocenters. The molecular formula is C24H18F2N4O5. The molecule has 0 bridgehead atoms. The topological polar surface area (TPSA) is 114 Å². The highest BCUT2D eigenvalue weighted by atomic mass is 19.1. The zero-order valence-electron chi connectivity index (χ0n) is 18.0. The van der Waals surface area contributed by atoms with Crippen LogP contribution in [-0.2, 0) is 17.9 Å². The molecule has 0 spiro atoms. The monoisotopic (exact) mass is 480 g/mol. The molecule has 2 amide bonds. The molecule has 1 aliphatic rings. The smallest absolute Gasteiger partial charge is 0.323 e. The first-order valence-electron chi connectivity index (χ1n) is 10.5. The number of rotatable bonds is 5. The zero-order chi connectivity index (χ0) is 24.5. The number of amides is 2. The van der Waals surface area contributed by atoms with Crippen molar-refractivity contribution >= 4 is 34.0 Å². The fraction of sp³-hybridized carbons (Fsp3) is 0.125. The van der Waals surface area contributed by atoms with Crippen molar-refractivity contribution in [1.82, 2.24) is 4.57 Å². The van der Waals surface area contributed by atoms with Gasteiger partial charge in [0.15, 0.2) is 12.5 Å². The lowest BCUT2D eigenvalue weighted by atomic mass is 10.1. The maximum Gasteiger partial charge on any atom is 0.323 e. The van der Waals surface area contributed by atoms with E-state index in [1.807, 2.05) is 0 Å². The van der Waals surface area contributed by atoms with E-state index in [1.165, 1.54) is 41.0 Å². The number of benzene rings is 3. The molecule has 0 saturated carbocycles. The number of nitroso groups, excluding NO2 is 1. The molecule has 0 saturated heterocycles. The van der Waals surface area contributed by atoms with E-state index in [4.69, 9.17) is 9.47 Å². The number of halogens is 2. The number of nitrogens with zero attached hydrogens (tertiary/aromatic N) is 2. The van der Waals surface area contributed by atoms with Gasteiger partial charge in [-0.2, -0.15) is 0 Å². The summed E-state index contributed by atoms with van der Waals surface area (Å²) in [6, 6.07) is 12.0. The molecule has 1 aromatic heterocycles. The van der Waals surface area contributed by atoms with Crippen LogP contribution in [0.4, 0.5) is 30.6 Å². The Morgan fingerprint density at radius 3 is 2.63 bits per heavy atom. The first-order chi connectivity index (χ1) is 16.9. The van der Waals surface area contributed by atoms with Crippen molar-refractivity contribution in [3.8, 4) is 11.6 Å². The Hall–Kier alpha value is -4.51. The number of aromatic nitrogens is 1. The number of fused-ring (bicyclic) bond motifs is 2. The summed E-state index contributed by atoms with van der Waals surface area (Å²) in [6.45, 7) is 0.190. The number of hydrogen-bond donors (Lipinski definition) is 3. The van der Waals surface area contributed by atoms with Gasteiger partial charge >= 0.3 is 6.03 Å². The fourth-order valence-electron chi connectivity index (χ4n) is 4.06. The van der Waals surface area contributed by atoms with E-state index < -0.39 is 23.5 Å². The lowest BCUT2D eigenvalue weighted by Crippen LogP contribution is -2.19. The molecule has 0 fully saturated rings. The van der Waals surface area contributed by atoms with Crippen molar-refractivity contribution < 1.29 is 28.2 Å². The average Bonchev–Trinajstić information content (AvgIpc) is 3.08. The molecule has 1 aliphatic heterocycles. The number of carbonyl (C=O) groups is 1. The largest absolute Gasteiger partial charge is 0.493 e. The van der Waals surface area contributed by atoms with Crippen LogP contribution >= 0.6 is 0 Å². The van der Waals surface area contributed by atoms with Gasteiger partial charge in [-0.1, -0.05) is 6.07 Å². The maximum absolute atomic E-state index is 14.2. The summed E-state index contributed by atoms with van der Waals surface area (Å²) in [5.41, 5.74) is 1.74. The average molecular weight is 480 g/mol. The number of aromatic hydroxyl groups is 1. The Labute approximate surface area is 196 Å². The van der Waals surface area contributed by atoms with Crippen molar-refractivity contribution in [1.29, 1.82) is 0 Å². The zero-order valence-corrected chi connectivity index (χ0v) is 18.0. The number of ether oxygens (including phenoxy) is 2. The summed E-state index contributed by atoms with van der Waals surface area (Å²) in [4.78, 5) is 23.9. The SMILES string of the molecule is O=Nc1c(O)n(Cc2cc(F)cc3c2OCOC3)c2ccc(NC(=O)Nc3cccc(F)c3)cc12. The second kappa shape index (κ2) is 9.03. The Morgan fingerprint density at radius 2 is 1.86 bits per heavy atom.